The topological polar surface area (TPSA) is 17.1 Å². The van der Waals surface area contributed by atoms with E-state index in [0.29, 0.717) is 0 Å². The van der Waals surface area contributed by atoms with E-state index < -0.39 is 10.8 Å². The van der Waals surface area contributed by atoms with Gasteiger partial charge in [-0.1, -0.05) is 26.7 Å². The van der Waals surface area contributed by atoms with Gasteiger partial charge in [-0.05, 0) is 54.9 Å². The van der Waals surface area contributed by atoms with Crippen molar-refractivity contribution in [3.8, 4) is 0 Å². The number of benzene rings is 1. The molecule has 1 heterocycles. The van der Waals surface area contributed by atoms with Crippen LogP contribution in [0.15, 0.2) is 23.1 Å². The van der Waals surface area contributed by atoms with Crippen LogP contribution < -0.4 is 0 Å². The number of rotatable bonds is 4. The Morgan fingerprint density at radius 2 is 2.16 bits per heavy atom. The lowest BCUT2D eigenvalue weighted by molar-refractivity contribution is 0.261. The largest absolute Gasteiger partial charge is 0.254 e. The van der Waals surface area contributed by atoms with Gasteiger partial charge < -0.3 is 0 Å². The SMILES string of the molecule is CCCC[C@@]1(CC)CCc2cc(F)ccc2S(=O)C1. The lowest BCUT2D eigenvalue weighted by Crippen LogP contribution is -2.26. The first-order chi connectivity index (χ1) is 9.10. The molecule has 0 radical (unpaired) electrons. The number of fused-ring (bicyclic) bond motifs is 1. The number of aryl methyl sites for hydroxylation is 1. The van der Waals surface area contributed by atoms with Crippen LogP contribution in [0.5, 0.6) is 0 Å². The molecular weight excluding hydrogens is 259 g/mol. The summed E-state index contributed by atoms with van der Waals surface area (Å²) in [5, 5.41) is 0. The third-order valence-corrected chi connectivity index (χ3v) is 6.20. The molecule has 0 saturated carbocycles. The Kier molecular flexibility index (Phi) is 4.77. The molecule has 2 rings (SSSR count). The molecule has 1 aromatic carbocycles. The van der Waals surface area contributed by atoms with Crippen LogP contribution >= 0.6 is 0 Å². The van der Waals surface area contributed by atoms with Gasteiger partial charge in [0.1, 0.15) is 5.82 Å². The predicted octanol–water partition coefficient (Wildman–Crippen LogP) is 4.47. The van der Waals surface area contributed by atoms with Gasteiger partial charge in [-0.3, -0.25) is 4.21 Å². The third-order valence-electron chi connectivity index (χ3n) is 4.44. The fourth-order valence-electron chi connectivity index (χ4n) is 3.00. The van der Waals surface area contributed by atoms with Crippen molar-refractivity contribution < 1.29 is 8.60 Å². The number of hydrogen-bond acceptors (Lipinski definition) is 1. The van der Waals surface area contributed by atoms with Gasteiger partial charge in [0.05, 0.1) is 10.8 Å². The van der Waals surface area contributed by atoms with Crippen LogP contribution in [0.3, 0.4) is 0 Å². The number of hydrogen-bond donors (Lipinski definition) is 0. The molecule has 0 aromatic heterocycles. The second-order valence-corrected chi connectivity index (χ2v) is 7.12. The highest BCUT2D eigenvalue weighted by Crippen LogP contribution is 2.39. The van der Waals surface area contributed by atoms with Crippen molar-refractivity contribution in [2.24, 2.45) is 5.41 Å². The van der Waals surface area contributed by atoms with E-state index in [1.54, 1.807) is 12.1 Å². The maximum absolute atomic E-state index is 13.3. The van der Waals surface area contributed by atoms with Crippen LogP contribution in [0.4, 0.5) is 4.39 Å². The van der Waals surface area contributed by atoms with Crippen molar-refractivity contribution in [3.63, 3.8) is 0 Å². The van der Waals surface area contributed by atoms with Crippen molar-refractivity contribution >= 4 is 10.8 Å². The highest BCUT2D eigenvalue weighted by atomic mass is 32.2. The highest BCUT2D eigenvalue weighted by Gasteiger charge is 2.33. The van der Waals surface area contributed by atoms with Gasteiger partial charge in [0.15, 0.2) is 0 Å². The molecule has 0 amide bonds. The minimum absolute atomic E-state index is 0.177. The van der Waals surface area contributed by atoms with Crippen LogP contribution in [-0.4, -0.2) is 9.96 Å². The van der Waals surface area contributed by atoms with Crippen LogP contribution in [0.2, 0.25) is 0 Å². The van der Waals surface area contributed by atoms with E-state index in [-0.39, 0.29) is 11.2 Å². The van der Waals surface area contributed by atoms with Gasteiger partial charge >= 0.3 is 0 Å². The summed E-state index contributed by atoms with van der Waals surface area (Å²) in [5.41, 5.74) is 1.13. The van der Waals surface area contributed by atoms with Crippen molar-refractivity contribution in [2.75, 3.05) is 5.75 Å². The van der Waals surface area contributed by atoms with Crippen LogP contribution in [0.1, 0.15) is 51.5 Å². The Bertz CT molecular complexity index is 472. The summed E-state index contributed by atoms with van der Waals surface area (Å²) in [6.45, 7) is 4.39. The first-order valence-corrected chi connectivity index (χ1v) is 8.59. The van der Waals surface area contributed by atoms with Crippen molar-refractivity contribution in [1.82, 2.24) is 0 Å². The molecule has 1 aliphatic rings. The van der Waals surface area contributed by atoms with Crippen molar-refractivity contribution in [1.29, 1.82) is 0 Å². The Morgan fingerprint density at radius 1 is 1.37 bits per heavy atom. The molecule has 0 fully saturated rings. The van der Waals surface area contributed by atoms with Gasteiger partial charge in [0.25, 0.3) is 0 Å². The summed E-state index contributed by atoms with van der Waals surface area (Å²) in [5.74, 6) is 0.524. The van der Waals surface area contributed by atoms with Crippen LogP contribution in [-0.2, 0) is 17.2 Å². The van der Waals surface area contributed by atoms with E-state index in [4.69, 9.17) is 0 Å². The Balaban J connectivity index is 2.27. The standard InChI is InChI=1S/C16H23FOS/c1-3-5-9-16(4-2)10-8-13-11-14(17)6-7-15(13)19(18)12-16/h6-7,11H,3-5,8-10,12H2,1-2H3/t16-,19?/m0/s1. The van der Waals surface area contributed by atoms with E-state index in [1.165, 1.54) is 18.9 Å². The summed E-state index contributed by atoms with van der Waals surface area (Å²) >= 11 is 0. The van der Waals surface area contributed by atoms with E-state index in [0.717, 1.165) is 41.9 Å². The molecule has 0 spiro atoms. The van der Waals surface area contributed by atoms with Gasteiger partial charge in [-0.25, -0.2) is 4.39 Å². The lowest BCUT2D eigenvalue weighted by Gasteiger charge is -2.30. The Hall–Kier alpha value is -0.700. The minimum atomic E-state index is -0.980. The van der Waals surface area contributed by atoms with Gasteiger partial charge in [-0.2, -0.15) is 0 Å². The second kappa shape index (κ2) is 6.17. The summed E-state index contributed by atoms with van der Waals surface area (Å²) in [7, 11) is -0.980. The number of unbranched alkanes of at least 4 members (excludes halogenated alkanes) is 1. The summed E-state index contributed by atoms with van der Waals surface area (Å²) in [4.78, 5) is 0.855. The van der Waals surface area contributed by atoms with E-state index in [2.05, 4.69) is 13.8 Å². The third kappa shape index (κ3) is 3.25. The van der Waals surface area contributed by atoms with Gasteiger partial charge in [0.2, 0.25) is 0 Å². The molecule has 1 unspecified atom stereocenters. The molecule has 2 atom stereocenters. The molecule has 0 saturated heterocycles. The van der Waals surface area contributed by atoms with E-state index >= 15 is 0 Å². The predicted molar refractivity (Wildman–Crippen MR) is 78.2 cm³/mol. The summed E-state index contributed by atoms with van der Waals surface area (Å²) < 4.78 is 25.9. The molecule has 19 heavy (non-hydrogen) atoms. The average Bonchev–Trinajstić information content (AvgIpc) is 2.54. The molecule has 0 aliphatic carbocycles. The van der Waals surface area contributed by atoms with Crippen molar-refractivity contribution in [3.05, 3.63) is 29.6 Å². The average molecular weight is 282 g/mol. The zero-order valence-electron chi connectivity index (χ0n) is 11.9. The fraction of sp³-hybridized carbons (Fsp3) is 0.625. The highest BCUT2D eigenvalue weighted by molar-refractivity contribution is 7.85. The minimum Gasteiger partial charge on any atom is -0.254 e. The zero-order valence-corrected chi connectivity index (χ0v) is 12.7. The maximum atomic E-state index is 13.3. The first-order valence-electron chi connectivity index (χ1n) is 7.27. The zero-order chi connectivity index (χ0) is 13.9. The molecule has 3 heteroatoms. The molecule has 1 aromatic rings. The normalized spacial score (nSPS) is 26.8. The first kappa shape index (κ1) is 14.7. The molecule has 1 nitrogen and oxygen atoms in total. The van der Waals surface area contributed by atoms with Crippen LogP contribution in [0, 0.1) is 11.2 Å². The molecule has 106 valence electrons. The van der Waals surface area contributed by atoms with Gasteiger partial charge in [-0.15, -0.1) is 0 Å². The van der Waals surface area contributed by atoms with Gasteiger partial charge in [0, 0.05) is 10.6 Å². The lowest BCUT2D eigenvalue weighted by atomic mass is 9.77. The summed E-state index contributed by atoms with van der Waals surface area (Å²) in [6.07, 6.45) is 6.46. The molecule has 0 bridgehead atoms. The van der Waals surface area contributed by atoms with E-state index in [1.807, 2.05) is 0 Å². The Morgan fingerprint density at radius 3 is 2.84 bits per heavy atom. The Labute approximate surface area is 118 Å². The van der Waals surface area contributed by atoms with Crippen molar-refractivity contribution in [2.45, 2.75) is 57.3 Å². The molecular formula is C16H23FOS. The molecule has 1 aliphatic heterocycles. The van der Waals surface area contributed by atoms with E-state index in [9.17, 15) is 8.60 Å². The molecule has 0 N–H and O–H groups in total. The summed E-state index contributed by atoms with van der Waals surface area (Å²) in [6, 6.07) is 4.72. The monoisotopic (exact) mass is 282 g/mol. The smallest absolute Gasteiger partial charge is 0.123 e. The quantitative estimate of drug-likeness (QED) is 0.796. The maximum Gasteiger partial charge on any atom is 0.123 e. The van der Waals surface area contributed by atoms with Crippen LogP contribution in [0.25, 0.3) is 0 Å². The second-order valence-electron chi connectivity index (χ2n) is 5.70. The number of halogens is 1. The fourth-order valence-corrected chi connectivity index (χ4v) is 4.88.